The maximum absolute atomic E-state index is 10.2. The molecule has 2 N–H and O–H groups in total. The van der Waals surface area contributed by atoms with Crippen molar-refractivity contribution < 1.29 is 14.6 Å². The summed E-state index contributed by atoms with van der Waals surface area (Å²) < 4.78 is 10.6. The number of hydrogen-bond donors (Lipinski definition) is 2. The van der Waals surface area contributed by atoms with E-state index in [1.807, 2.05) is 36.4 Å². The summed E-state index contributed by atoms with van der Waals surface area (Å²) in [6.07, 6.45) is 2.27. The van der Waals surface area contributed by atoms with Crippen molar-refractivity contribution in [1.29, 1.82) is 0 Å². The number of benzene rings is 2. The van der Waals surface area contributed by atoms with Gasteiger partial charge in [-0.25, -0.2) is 0 Å². The predicted molar refractivity (Wildman–Crippen MR) is 99.6 cm³/mol. The number of likely N-dealkylation sites (tertiary alicyclic amines) is 1. The summed E-state index contributed by atoms with van der Waals surface area (Å²) in [6, 6.07) is 13.8. The van der Waals surface area contributed by atoms with E-state index in [-0.39, 0.29) is 0 Å². The van der Waals surface area contributed by atoms with E-state index in [9.17, 15) is 5.11 Å². The van der Waals surface area contributed by atoms with Crippen LogP contribution in [-0.4, -0.2) is 43.4 Å². The molecule has 1 heterocycles. The summed E-state index contributed by atoms with van der Waals surface area (Å²) in [5, 5.41) is 13.8. The van der Waals surface area contributed by atoms with Gasteiger partial charge in [0, 0.05) is 30.4 Å². The van der Waals surface area contributed by atoms with Gasteiger partial charge in [-0.3, -0.25) is 4.90 Å². The third-order valence-corrected chi connectivity index (χ3v) is 4.68. The molecule has 0 aliphatic carbocycles. The number of nitrogens with zero attached hydrogens (tertiary/aromatic N) is 1. The maximum Gasteiger partial charge on any atom is 0.127 e. The van der Waals surface area contributed by atoms with Crippen LogP contribution in [0, 0.1) is 0 Å². The van der Waals surface area contributed by atoms with E-state index in [0.717, 1.165) is 48.7 Å². The Morgan fingerprint density at radius 1 is 1.12 bits per heavy atom. The summed E-state index contributed by atoms with van der Waals surface area (Å²) >= 11 is 0. The highest BCUT2D eigenvalue weighted by molar-refractivity contribution is 5.47. The molecule has 0 aromatic heterocycles. The average Bonchev–Trinajstić information content (AvgIpc) is 2.64. The van der Waals surface area contributed by atoms with E-state index in [1.165, 1.54) is 0 Å². The molecule has 0 spiro atoms. The average molecular weight is 342 g/mol. The molecule has 3 rings (SSSR count). The largest absolute Gasteiger partial charge is 0.507 e. The van der Waals surface area contributed by atoms with Crippen LogP contribution in [0.3, 0.4) is 0 Å². The smallest absolute Gasteiger partial charge is 0.127 e. The molecule has 2 aromatic rings. The van der Waals surface area contributed by atoms with Gasteiger partial charge in [-0.1, -0.05) is 6.07 Å². The zero-order chi connectivity index (χ0) is 17.6. The number of ether oxygens (including phenoxy) is 2. The Kier molecular flexibility index (Phi) is 5.66. The highest BCUT2D eigenvalue weighted by Crippen LogP contribution is 2.30. The lowest BCUT2D eigenvalue weighted by molar-refractivity contribution is 0.204. The second kappa shape index (κ2) is 8.12. The fraction of sp³-hybridized carbons (Fsp3) is 0.400. The van der Waals surface area contributed by atoms with Crippen molar-refractivity contribution in [3.8, 4) is 17.2 Å². The van der Waals surface area contributed by atoms with Gasteiger partial charge < -0.3 is 19.9 Å². The van der Waals surface area contributed by atoms with Crippen molar-refractivity contribution in [2.45, 2.75) is 25.4 Å². The van der Waals surface area contributed by atoms with Crippen molar-refractivity contribution in [3.05, 3.63) is 48.0 Å². The zero-order valence-electron chi connectivity index (χ0n) is 14.9. The maximum atomic E-state index is 10.2. The van der Waals surface area contributed by atoms with Gasteiger partial charge in [0.15, 0.2) is 0 Å². The highest BCUT2D eigenvalue weighted by atomic mass is 16.5. The molecule has 1 unspecified atom stereocenters. The number of hydrogen-bond acceptors (Lipinski definition) is 5. The molecular weight excluding hydrogens is 316 g/mol. The molecule has 0 radical (unpaired) electrons. The monoisotopic (exact) mass is 342 g/mol. The van der Waals surface area contributed by atoms with Crippen molar-refractivity contribution in [2.24, 2.45) is 0 Å². The number of piperidine rings is 1. The molecule has 2 aromatic carbocycles. The Morgan fingerprint density at radius 2 is 1.92 bits per heavy atom. The summed E-state index contributed by atoms with van der Waals surface area (Å²) in [6.45, 7) is 2.65. The van der Waals surface area contributed by atoms with E-state index < -0.39 is 0 Å². The number of aromatic hydroxyl groups is 1. The van der Waals surface area contributed by atoms with Crippen LogP contribution in [0.2, 0.25) is 0 Å². The van der Waals surface area contributed by atoms with E-state index in [4.69, 9.17) is 9.47 Å². The van der Waals surface area contributed by atoms with Crippen LogP contribution in [0.1, 0.15) is 18.4 Å². The standard InChI is InChI=1S/C20H26N2O3/c1-24-17-10-8-15(9-11-17)21-16-5-4-12-22(13-16)14-18-19(23)6-3-7-20(18)25-2/h3,6-11,16,21,23H,4-5,12-14H2,1-2H3. The van der Waals surface area contributed by atoms with Crippen molar-refractivity contribution in [3.63, 3.8) is 0 Å². The summed E-state index contributed by atoms with van der Waals surface area (Å²) in [5.74, 6) is 1.90. The first-order valence-electron chi connectivity index (χ1n) is 8.67. The molecule has 0 amide bonds. The fourth-order valence-electron chi connectivity index (χ4n) is 3.37. The Bertz CT molecular complexity index is 688. The van der Waals surface area contributed by atoms with Crippen LogP contribution in [-0.2, 0) is 6.54 Å². The molecule has 25 heavy (non-hydrogen) atoms. The number of phenols is 1. The molecule has 5 nitrogen and oxygen atoms in total. The normalized spacial score (nSPS) is 17.9. The Morgan fingerprint density at radius 3 is 2.64 bits per heavy atom. The first-order valence-corrected chi connectivity index (χ1v) is 8.67. The Labute approximate surface area is 149 Å². The van der Waals surface area contributed by atoms with Crippen molar-refractivity contribution in [2.75, 3.05) is 32.6 Å². The lowest BCUT2D eigenvalue weighted by Gasteiger charge is -2.34. The molecule has 5 heteroatoms. The van der Waals surface area contributed by atoms with Crippen LogP contribution in [0.15, 0.2) is 42.5 Å². The number of methoxy groups -OCH3 is 2. The number of nitrogens with one attached hydrogen (secondary N) is 1. The third-order valence-electron chi connectivity index (χ3n) is 4.68. The van der Waals surface area contributed by atoms with Crippen molar-refractivity contribution >= 4 is 5.69 Å². The molecular formula is C20H26N2O3. The van der Waals surface area contributed by atoms with Gasteiger partial charge in [0.2, 0.25) is 0 Å². The van der Waals surface area contributed by atoms with Gasteiger partial charge in [-0.05, 0) is 55.8 Å². The summed E-state index contributed by atoms with van der Waals surface area (Å²) in [7, 11) is 3.32. The topological polar surface area (TPSA) is 54.0 Å². The lowest BCUT2D eigenvalue weighted by Crippen LogP contribution is -2.41. The fourth-order valence-corrected chi connectivity index (χ4v) is 3.37. The quantitative estimate of drug-likeness (QED) is 0.842. The number of rotatable bonds is 6. The second-order valence-corrected chi connectivity index (χ2v) is 6.41. The molecule has 1 aliphatic heterocycles. The molecule has 134 valence electrons. The van der Waals surface area contributed by atoms with Crippen LogP contribution >= 0.6 is 0 Å². The van der Waals surface area contributed by atoms with Gasteiger partial charge in [-0.2, -0.15) is 0 Å². The van der Waals surface area contributed by atoms with Crippen LogP contribution < -0.4 is 14.8 Å². The van der Waals surface area contributed by atoms with Gasteiger partial charge in [0.1, 0.15) is 17.2 Å². The summed E-state index contributed by atoms with van der Waals surface area (Å²) in [5.41, 5.74) is 1.96. The molecule has 1 saturated heterocycles. The summed E-state index contributed by atoms with van der Waals surface area (Å²) in [4.78, 5) is 2.36. The first kappa shape index (κ1) is 17.4. The lowest BCUT2D eigenvalue weighted by atomic mass is 10.0. The van der Waals surface area contributed by atoms with Crippen LogP contribution in [0.4, 0.5) is 5.69 Å². The Hall–Kier alpha value is -2.40. The minimum atomic E-state index is 0.296. The predicted octanol–water partition coefficient (Wildman–Crippen LogP) is 3.49. The SMILES string of the molecule is COc1ccc(NC2CCCN(Cc3c(O)cccc3OC)C2)cc1. The number of anilines is 1. The third kappa shape index (κ3) is 4.37. The van der Waals surface area contributed by atoms with Gasteiger partial charge in [-0.15, -0.1) is 0 Å². The minimum Gasteiger partial charge on any atom is -0.507 e. The van der Waals surface area contributed by atoms with Crippen LogP contribution in [0.25, 0.3) is 0 Å². The van der Waals surface area contributed by atoms with Crippen molar-refractivity contribution in [1.82, 2.24) is 4.90 Å². The molecule has 0 saturated carbocycles. The molecule has 1 fully saturated rings. The van der Waals surface area contributed by atoms with E-state index >= 15 is 0 Å². The Balaban J connectivity index is 1.63. The van der Waals surface area contributed by atoms with Gasteiger partial charge in [0.25, 0.3) is 0 Å². The van der Waals surface area contributed by atoms with Gasteiger partial charge in [0.05, 0.1) is 14.2 Å². The molecule has 1 aliphatic rings. The first-order chi connectivity index (χ1) is 12.2. The van der Waals surface area contributed by atoms with E-state index in [1.54, 1.807) is 20.3 Å². The highest BCUT2D eigenvalue weighted by Gasteiger charge is 2.22. The van der Waals surface area contributed by atoms with E-state index in [0.29, 0.717) is 18.3 Å². The molecule has 1 atom stereocenters. The zero-order valence-corrected chi connectivity index (χ0v) is 14.9. The van der Waals surface area contributed by atoms with Crippen LogP contribution in [0.5, 0.6) is 17.2 Å². The number of phenolic OH excluding ortho intramolecular Hbond substituents is 1. The van der Waals surface area contributed by atoms with Gasteiger partial charge >= 0.3 is 0 Å². The van der Waals surface area contributed by atoms with E-state index in [2.05, 4.69) is 10.2 Å². The second-order valence-electron chi connectivity index (χ2n) is 6.41. The minimum absolute atomic E-state index is 0.296. The molecule has 0 bridgehead atoms.